The van der Waals surface area contributed by atoms with Crippen molar-refractivity contribution in [3.8, 4) is 0 Å². The van der Waals surface area contributed by atoms with E-state index < -0.39 is 91.5 Å². The molecule has 0 spiro atoms. The summed E-state index contributed by atoms with van der Waals surface area (Å²) in [4.78, 5) is 59.0. The van der Waals surface area contributed by atoms with Crippen LogP contribution in [0.2, 0.25) is 0 Å². The maximum Gasteiger partial charge on any atom is 0.472 e. The first-order valence-corrected chi connectivity index (χ1v) is 47.4. The number of aliphatic hydroxyl groups is 2. The fraction of sp³-hybridized carbons (Fsp3) is 0.674. The molecular weight excluding hydrogens is 1460 g/mol. The second kappa shape index (κ2) is 86.3. The monoisotopic (exact) mass is 1620 g/mol. The van der Waals surface area contributed by atoms with Crippen LogP contribution in [-0.4, -0.2) is 95.9 Å². The Morgan fingerprint density at radius 3 is 0.743 bits per heavy atom. The smallest absolute Gasteiger partial charge is 0.463 e. The Bertz CT molecular complexity index is 2730. The summed E-state index contributed by atoms with van der Waals surface area (Å²) >= 11 is 0. The third kappa shape index (κ3) is 87.6. The van der Waals surface area contributed by atoms with Crippen molar-refractivity contribution in [1.82, 2.24) is 0 Å². The van der Waals surface area contributed by atoms with Crippen molar-refractivity contribution in [2.75, 3.05) is 39.6 Å². The molecule has 0 aliphatic carbocycles. The van der Waals surface area contributed by atoms with Crippen molar-refractivity contribution in [2.45, 2.75) is 373 Å². The first-order valence-electron chi connectivity index (χ1n) is 44.4. The molecule has 0 aromatic rings. The van der Waals surface area contributed by atoms with Gasteiger partial charge in [-0.05, 0) is 154 Å². The van der Waals surface area contributed by atoms with Gasteiger partial charge in [-0.1, -0.05) is 351 Å². The van der Waals surface area contributed by atoms with E-state index in [1.807, 2.05) is 0 Å². The molecule has 0 aromatic heterocycles. The summed E-state index contributed by atoms with van der Waals surface area (Å²) in [5.41, 5.74) is 0. The van der Waals surface area contributed by atoms with E-state index in [4.69, 9.17) is 32.3 Å². The predicted molar refractivity (Wildman–Crippen MR) is 472 cm³/mol. The number of phosphoric acid groups is 2. The van der Waals surface area contributed by atoms with Gasteiger partial charge >= 0.3 is 33.6 Å². The van der Waals surface area contributed by atoms with Gasteiger partial charge in [0.2, 0.25) is 0 Å². The van der Waals surface area contributed by atoms with Gasteiger partial charge in [-0.2, -0.15) is 0 Å². The molecule has 0 rings (SSSR count). The van der Waals surface area contributed by atoms with Gasteiger partial charge in [0.15, 0.2) is 6.10 Å². The lowest BCUT2D eigenvalue weighted by molar-refractivity contribution is -0.161. The summed E-state index contributed by atoms with van der Waals surface area (Å²) in [6.07, 6.45) is 111. The Labute approximate surface area is 688 Å². The van der Waals surface area contributed by atoms with Gasteiger partial charge in [0, 0.05) is 19.3 Å². The summed E-state index contributed by atoms with van der Waals surface area (Å²) in [7, 11) is -9.82. The molecule has 16 nitrogen and oxygen atoms in total. The molecule has 0 amide bonds. The van der Waals surface area contributed by atoms with Crippen molar-refractivity contribution in [3.63, 3.8) is 0 Å². The second-order valence-corrected chi connectivity index (χ2v) is 32.2. The maximum absolute atomic E-state index is 13.1. The molecule has 0 aliphatic heterocycles. The summed E-state index contributed by atoms with van der Waals surface area (Å²) in [6.45, 7) is 2.44. The van der Waals surface area contributed by atoms with Crippen LogP contribution in [-0.2, 0) is 55.8 Å². The molecule has 0 saturated heterocycles. The SMILES string of the molecule is CC/C=C\C/C=C\C/C=C\C/C=C\C/C=C\CCCCCCCCCCCCCCCC(=O)OCC(O)COP(=O)(O)OCC(O)COP(=O)(O)OCC(COC(=O)CCCCCCCCCCC/C=C\C/C=C\C/C=C\C/C=C\C/C=C\CC)OC(=O)CCCCCCCCC/C=C\C/C=C\C/C=C\C/C=C\CCCCC. The van der Waals surface area contributed by atoms with Crippen molar-refractivity contribution < 1.29 is 75.8 Å². The van der Waals surface area contributed by atoms with Crippen molar-refractivity contribution in [3.05, 3.63) is 170 Å². The standard InChI is InChI=1S/C95H160O16P2/c1-4-7-10-13-16-19-22-25-28-31-34-37-40-42-43-44-45-47-50-51-54-57-60-63-66-69-72-75-78-81-93(98)105-84-90(96)85-107-112(101,102)108-86-91(97)87-109-113(103,104)110-89-92(111-95(100)83-80-77-74-71-68-65-62-59-56-53-48-39-36-33-30-27-24-21-18-15-12-9-6-3)88-106-94(99)82-79-76-73-70-67-64-61-58-55-52-49-46-41-38-35-32-29-26-23-20-17-14-11-8-5-2/h7-8,10-11,16-21,25-30,34-39,42-43,46,49,53,56,90-92,96-97H,4-6,9,12-15,22-24,31-33,40-41,44-45,47-48,50-52,54-55,57-89H2,1-3H3,(H,101,102)(H,103,104)/b10-7-,11-8-,19-16-,20-17-,21-18-,28-25-,29-26-,30-27-,37-34-,38-35-,39-36-,43-42-,49-46-,56-53-. The molecule has 0 saturated carbocycles. The third-order valence-electron chi connectivity index (χ3n) is 18.4. The van der Waals surface area contributed by atoms with Gasteiger partial charge < -0.3 is 34.2 Å². The van der Waals surface area contributed by atoms with E-state index in [0.29, 0.717) is 19.3 Å². The van der Waals surface area contributed by atoms with E-state index in [2.05, 4.69) is 191 Å². The number of ether oxygens (including phenoxy) is 3. The van der Waals surface area contributed by atoms with Crippen LogP contribution in [0, 0.1) is 0 Å². The van der Waals surface area contributed by atoms with E-state index in [1.165, 1.54) is 109 Å². The van der Waals surface area contributed by atoms with Gasteiger partial charge in [-0.3, -0.25) is 32.5 Å². The average molecular weight is 1620 g/mol. The van der Waals surface area contributed by atoms with Gasteiger partial charge in [0.05, 0.1) is 26.4 Å². The highest BCUT2D eigenvalue weighted by Crippen LogP contribution is 2.45. The molecule has 18 heteroatoms. The molecule has 5 atom stereocenters. The van der Waals surface area contributed by atoms with Crippen LogP contribution < -0.4 is 0 Å². The predicted octanol–water partition coefficient (Wildman–Crippen LogP) is 27.1. The lowest BCUT2D eigenvalue weighted by Gasteiger charge is -2.21. The molecule has 4 N–H and O–H groups in total. The van der Waals surface area contributed by atoms with Gasteiger partial charge in [0.1, 0.15) is 25.4 Å². The Balaban J connectivity index is 4.66. The molecule has 113 heavy (non-hydrogen) atoms. The molecule has 0 aliphatic rings. The molecule has 0 bridgehead atoms. The van der Waals surface area contributed by atoms with Crippen molar-refractivity contribution in [1.29, 1.82) is 0 Å². The molecule has 0 aromatic carbocycles. The summed E-state index contributed by atoms with van der Waals surface area (Å²) < 4.78 is 61.4. The van der Waals surface area contributed by atoms with Crippen molar-refractivity contribution >= 4 is 33.6 Å². The van der Waals surface area contributed by atoms with Crippen LogP contribution in [0.4, 0.5) is 0 Å². The number of esters is 3. The van der Waals surface area contributed by atoms with Gasteiger partial charge in [-0.15, -0.1) is 0 Å². The third-order valence-corrected chi connectivity index (χ3v) is 20.3. The van der Waals surface area contributed by atoms with E-state index in [-0.39, 0.29) is 19.3 Å². The highest BCUT2D eigenvalue weighted by atomic mass is 31.2. The number of carbonyl (C=O) groups is 3. The Morgan fingerprint density at radius 2 is 0.469 bits per heavy atom. The number of hydrogen-bond acceptors (Lipinski definition) is 14. The van der Waals surface area contributed by atoms with E-state index in [9.17, 15) is 43.5 Å². The normalized spacial score (nSPS) is 14.6. The number of unbranched alkanes of at least 4 members (excludes halogenated alkanes) is 32. The van der Waals surface area contributed by atoms with Crippen LogP contribution in [0.5, 0.6) is 0 Å². The van der Waals surface area contributed by atoms with E-state index in [0.717, 1.165) is 186 Å². The molecule has 0 heterocycles. The summed E-state index contributed by atoms with van der Waals surface area (Å²) in [6, 6.07) is 0. The maximum atomic E-state index is 13.1. The number of hydrogen-bond donors (Lipinski definition) is 4. The molecule has 0 fully saturated rings. The fourth-order valence-corrected chi connectivity index (χ4v) is 13.3. The molecular formula is C95H160O16P2. The second-order valence-electron chi connectivity index (χ2n) is 29.3. The summed E-state index contributed by atoms with van der Waals surface area (Å²) in [5.74, 6) is -1.59. The van der Waals surface area contributed by atoms with Crippen LogP contribution in [0.3, 0.4) is 0 Å². The fourth-order valence-electron chi connectivity index (χ4n) is 11.7. The molecule has 5 unspecified atom stereocenters. The number of allylic oxidation sites excluding steroid dienone is 28. The zero-order chi connectivity index (χ0) is 82.2. The zero-order valence-electron chi connectivity index (χ0n) is 71.0. The zero-order valence-corrected chi connectivity index (χ0v) is 72.8. The van der Waals surface area contributed by atoms with Crippen LogP contribution in [0.1, 0.15) is 355 Å². The quantitative estimate of drug-likeness (QED) is 0.0146. The van der Waals surface area contributed by atoms with Crippen LogP contribution in [0.15, 0.2) is 170 Å². The summed E-state index contributed by atoms with van der Waals surface area (Å²) in [5, 5.41) is 20.7. The minimum Gasteiger partial charge on any atom is -0.463 e. The highest BCUT2D eigenvalue weighted by Gasteiger charge is 2.29. The largest absolute Gasteiger partial charge is 0.472 e. The number of rotatable bonds is 83. The Hall–Kier alpha value is -5.09. The number of carbonyl (C=O) groups excluding carboxylic acids is 3. The van der Waals surface area contributed by atoms with E-state index in [1.54, 1.807) is 0 Å². The molecule has 0 radical (unpaired) electrons. The number of aliphatic hydroxyl groups excluding tert-OH is 2. The lowest BCUT2D eigenvalue weighted by atomic mass is 10.0. The van der Waals surface area contributed by atoms with Gasteiger partial charge in [0.25, 0.3) is 0 Å². The Kier molecular flexibility index (Phi) is 82.4. The van der Waals surface area contributed by atoms with Crippen LogP contribution >= 0.6 is 15.6 Å². The lowest BCUT2D eigenvalue weighted by Crippen LogP contribution is -2.30. The van der Waals surface area contributed by atoms with Gasteiger partial charge in [-0.25, -0.2) is 9.13 Å². The Morgan fingerprint density at radius 1 is 0.257 bits per heavy atom. The highest BCUT2D eigenvalue weighted by molar-refractivity contribution is 7.47. The number of phosphoric ester groups is 2. The average Bonchev–Trinajstić information content (AvgIpc) is 0.899. The minimum atomic E-state index is -4.95. The van der Waals surface area contributed by atoms with Crippen molar-refractivity contribution in [2.24, 2.45) is 0 Å². The topological polar surface area (TPSA) is 231 Å². The molecule has 646 valence electrons. The first kappa shape index (κ1) is 108. The minimum absolute atomic E-state index is 0.0860. The van der Waals surface area contributed by atoms with E-state index >= 15 is 0 Å². The van der Waals surface area contributed by atoms with Crippen LogP contribution in [0.25, 0.3) is 0 Å². The first-order chi connectivity index (χ1) is 55.2.